The molecule has 0 aliphatic rings. The van der Waals surface area contributed by atoms with Crippen molar-refractivity contribution in [3.05, 3.63) is 70.9 Å². The van der Waals surface area contributed by atoms with E-state index in [0.29, 0.717) is 17.0 Å². The van der Waals surface area contributed by atoms with Gasteiger partial charge in [0.05, 0.1) is 5.60 Å². The topological polar surface area (TPSA) is 88.2 Å². The Morgan fingerprint density at radius 1 is 1.21 bits per heavy atom. The van der Waals surface area contributed by atoms with Crippen molar-refractivity contribution in [2.24, 2.45) is 0 Å². The Bertz CT molecular complexity index is 1060. The van der Waals surface area contributed by atoms with Gasteiger partial charge >= 0.3 is 0 Å². The second kappa shape index (κ2) is 7.71. The first-order valence-corrected chi connectivity index (χ1v) is 8.99. The van der Waals surface area contributed by atoms with E-state index in [1.165, 1.54) is 18.2 Å². The lowest BCUT2D eigenvalue weighted by molar-refractivity contribution is 0.0784. The van der Waals surface area contributed by atoms with Crippen LogP contribution in [0.25, 0.3) is 11.1 Å². The van der Waals surface area contributed by atoms with Gasteiger partial charge in [0, 0.05) is 17.2 Å². The van der Waals surface area contributed by atoms with Crippen LogP contribution in [0.4, 0.5) is 8.78 Å². The molecule has 0 bridgehead atoms. The molecule has 0 aliphatic heterocycles. The minimum Gasteiger partial charge on any atom is -0.386 e. The molecule has 1 amide bonds. The number of aryl methyl sites for hydroxylation is 1. The average molecular weight is 401 g/mol. The summed E-state index contributed by atoms with van der Waals surface area (Å²) in [5.74, 6) is -1.24. The van der Waals surface area contributed by atoms with Crippen molar-refractivity contribution < 1.29 is 23.2 Å². The molecule has 6 nitrogen and oxygen atoms in total. The molecule has 0 aliphatic carbocycles. The van der Waals surface area contributed by atoms with Crippen LogP contribution in [0.2, 0.25) is 0 Å². The van der Waals surface area contributed by atoms with E-state index in [-0.39, 0.29) is 17.0 Å². The predicted molar refractivity (Wildman–Crippen MR) is 102 cm³/mol. The monoisotopic (exact) mass is 401 g/mol. The molecule has 0 saturated carbocycles. The quantitative estimate of drug-likeness (QED) is 0.674. The van der Waals surface area contributed by atoms with Gasteiger partial charge in [-0.25, -0.2) is 8.78 Å². The molecule has 1 heterocycles. The van der Waals surface area contributed by atoms with Gasteiger partial charge in [0.2, 0.25) is 5.89 Å². The second-order valence-electron chi connectivity index (χ2n) is 7.36. The lowest BCUT2D eigenvalue weighted by atomic mass is 9.91. The molecule has 2 N–H and O–H groups in total. The number of carbonyl (C=O) groups excluding carboxylic acids is 1. The summed E-state index contributed by atoms with van der Waals surface area (Å²) in [5, 5.41) is 16.9. The first kappa shape index (κ1) is 20.6. The Balaban J connectivity index is 2.00. The third-order valence-corrected chi connectivity index (χ3v) is 4.41. The second-order valence-corrected chi connectivity index (χ2v) is 7.36. The van der Waals surface area contributed by atoms with E-state index < -0.39 is 29.2 Å². The van der Waals surface area contributed by atoms with Crippen LogP contribution in [-0.4, -0.2) is 21.2 Å². The highest BCUT2D eigenvalue weighted by molar-refractivity contribution is 5.96. The van der Waals surface area contributed by atoms with Crippen LogP contribution >= 0.6 is 0 Å². The van der Waals surface area contributed by atoms with Crippen molar-refractivity contribution in [2.45, 2.75) is 39.3 Å². The number of rotatable bonds is 5. The molecule has 1 aromatic heterocycles. The fraction of sp³-hybridized carbons (Fsp3) is 0.286. The minimum absolute atomic E-state index is 0.118. The number of hydrogen-bond donors (Lipinski definition) is 2. The van der Waals surface area contributed by atoms with Gasteiger partial charge < -0.3 is 14.9 Å². The zero-order valence-corrected chi connectivity index (χ0v) is 16.5. The maximum Gasteiger partial charge on any atom is 0.251 e. The zero-order chi connectivity index (χ0) is 21.3. The molecular weight excluding hydrogens is 380 g/mol. The third kappa shape index (κ3) is 4.65. The van der Waals surface area contributed by atoms with E-state index in [1.807, 2.05) is 0 Å². The number of amides is 1. The molecule has 0 spiro atoms. The van der Waals surface area contributed by atoms with Crippen LogP contribution in [-0.2, 0) is 5.60 Å². The fourth-order valence-corrected chi connectivity index (χ4v) is 2.82. The molecule has 0 radical (unpaired) electrons. The molecule has 8 heteroatoms. The smallest absolute Gasteiger partial charge is 0.251 e. The number of aliphatic hydroxyl groups is 1. The van der Waals surface area contributed by atoms with Crippen LogP contribution < -0.4 is 5.32 Å². The Hall–Kier alpha value is -3.13. The normalized spacial score (nSPS) is 12.7. The highest BCUT2D eigenvalue weighted by atomic mass is 19.1. The Morgan fingerprint density at radius 3 is 2.52 bits per heavy atom. The van der Waals surface area contributed by atoms with Crippen LogP contribution in [0.15, 0.2) is 40.9 Å². The van der Waals surface area contributed by atoms with E-state index in [9.17, 15) is 18.7 Å². The third-order valence-electron chi connectivity index (χ3n) is 4.41. The van der Waals surface area contributed by atoms with E-state index in [1.54, 1.807) is 33.8 Å². The fourth-order valence-electron chi connectivity index (χ4n) is 2.82. The maximum absolute atomic E-state index is 14.3. The number of nitrogens with zero attached hydrogens (tertiary/aromatic N) is 2. The number of halogens is 2. The summed E-state index contributed by atoms with van der Waals surface area (Å²) in [6, 6.07) is 7.21. The maximum atomic E-state index is 14.3. The molecule has 3 aromatic rings. The van der Waals surface area contributed by atoms with E-state index in [4.69, 9.17) is 4.52 Å². The molecule has 0 saturated heterocycles. The molecule has 1 unspecified atom stereocenters. The Labute approximate surface area is 166 Å². The van der Waals surface area contributed by atoms with E-state index in [2.05, 4.69) is 15.5 Å². The highest BCUT2D eigenvalue weighted by Gasteiger charge is 2.22. The van der Waals surface area contributed by atoms with Crippen LogP contribution in [0.1, 0.15) is 54.4 Å². The molecule has 152 valence electrons. The zero-order valence-electron chi connectivity index (χ0n) is 16.5. The van der Waals surface area contributed by atoms with Crippen molar-refractivity contribution in [1.82, 2.24) is 15.5 Å². The van der Waals surface area contributed by atoms with Crippen LogP contribution in [0.5, 0.6) is 0 Å². The molecule has 29 heavy (non-hydrogen) atoms. The Kier molecular flexibility index (Phi) is 5.48. The van der Waals surface area contributed by atoms with Crippen molar-refractivity contribution in [3.63, 3.8) is 0 Å². The van der Waals surface area contributed by atoms with Gasteiger partial charge in [-0.1, -0.05) is 5.16 Å². The lowest BCUT2D eigenvalue weighted by Crippen LogP contribution is -2.27. The lowest BCUT2D eigenvalue weighted by Gasteiger charge is -2.21. The average Bonchev–Trinajstić information content (AvgIpc) is 3.07. The van der Waals surface area contributed by atoms with E-state index >= 15 is 0 Å². The standard InChI is InChI=1S/C21H21F2N3O3/c1-11(20-25-12(2)26-29-20)24-19(27)14-7-13(8-15(9-14)21(3,4)28)17-6-5-16(22)10-18(17)23/h5-11,28H,1-4H3,(H,24,27). The number of aromatic nitrogens is 2. The molecule has 1 atom stereocenters. The van der Waals surface area contributed by atoms with Crippen molar-refractivity contribution >= 4 is 5.91 Å². The minimum atomic E-state index is -1.28. The summed E-state index contributed by atoms with van der Waals surface area (Å²) in [5.41, 5.74) is -0.214. The number of carbonyl (C=O) groups is 1. The summed E-state index contributed by atoms with van der Waals surface area (Å²) >= 11 is 0. The van der Waals surface area contributed by atoms with Crippen molar-refractivity contribution in [1.29, 1.82) is 0 Å². The van der Waals surface area contributed by atoms with Crippen molar-refractivity contribution in [3.8, 4) is 11.1 Å². The predicted octanol–water partition coefficient (Wildman–Crippen LogP) is 4.04. The SMILES string of the molecule is Cc1noc(C(C)NC(=O)c2cc(-c3ccc(F)cc3F)cc(C(C)(C)O)c2)n1. The van der Waals surface area contributed by atoms with Gasteiger partial charge in [0.25, 0.3) is 5.91 Å². The van der Waals surface area contributed by atoms with Crippen LogP contribution in [0, 0.1) is 18.6 Å². The number of hydrogen-bond acceptors (Lipinski definition) is 5. The summed E-state index contributed by atoms with van der Waals surface area (Å²) in [6.45, 7) is 6.46. The van der Waals surface area contributed by atoms with E-state index in [0.717, 1.165) is 12.1 Å². The molecule has 0 fully saturated rings. The van der Waals surface area contributed by atoms with Gasteiger partial charge in [-0.05, 0) is 69.2 Å². The first-order valence-electron chi connectivity index (χ1n) is 8.99. The number of nitrogens with one attached hydrogen (secondary N) is 1. The van der Waals surface area contributed by atoms with Gasteiger partial charge in [-0.15, -0.1) is 0 Å². The summed E-state index contributed by atoms with van der Waals surface area (Å²) in [6.07, 6.45) is 0. The molecule has 2 aromatic carbocycles. The Morgan fingerprint density at radius 2 is 1.93 bits per heavy atom. The van der Waals surface area contributed by atoms with Crippen LogP contribution in [0.3, 0.4) is 0 Å². The highest BCUT2D eigenvalue weighted by Crippen LogP contribution is 2.30. The van der Waals surface area contributed by atoms with Crippen molar-refractivity contribution in [2.75, 3.05) is 0 Å². The van der Waals surface area contributed by atoms with Gasteiger partial charge in [-0.2, -0.15) is 4.98 Å². The van der Waals surface area contributed by atoms with Gasteiger partial charge in [-0.3, -0.25) is 4.79 Å². The molecule has 3 rings (SSSR count). The van der Waals surface area contributed by atoms with Gasteiger partial charge in [0.1, 0.15) is 17.7 Å². The summed E-state index contributed by atoms with van der Waals surface area (Å²) in [4.78, 5) is 16.9. The summed E-state index contributed by atoms with van der Waals surface area (Å²) < 4.78 is 32.6. The summed E-state index contributed by atoms with van der Waals surface area (Å²) in [7, 11) is 0. The van der Waals surface area contributed by atoms with Gasteiger partial charge in [0.15, 0.2) is 5.82 Å². The number of benzene rings is 2. The molecular formula is C21H21F2N3O3. The largest absolute Gasteiger partial charge is 0.386 e. The first-order chi connectivity index (χ1) is 13.5.